The Morgan fingerprint density at radius 3 is 2.93 bits per heavy atom. The van der Waals surface area contributed by atoms with Crippen molar-refractivity contribution < 1.29 is 4.74 Å². The van der Waals surface area contributed by atoms with Crippen LogP contribution < -0.4 is 5.32 Å². The van der Waals surface area contributed by atoms with Crippen LogP contribution in [-0.4, -0.2) is 29.8 Å². The zero-order valence-corrected chi connectivity index (χ0v) is 10.1. The number of nitrogens with one attached hydrogen (secondary N) is 1. The Bertz CT molecular complexity index is 296. The summed E-state index contributed by atoms with van der Waals surface area (Å²) in [4.78, 5) is 4.42. The molecule has 1 N–H and O–H groups in total. The third-order valence-corrected chi connectivity index (χ3v) is 2.19. The SMILES string of the molecule is CCNc1nc(C)cn1CC(C)COC. The molecule has 1 aromatic heterocycles. The summed E-state index contributed by atoms with van der Waals surface area (Å²) in [5.41, 5.74) is 1.05. The van der Waals surface area contributed by atoms with Gasteiger partial charge in [-0.05, 0) is 19.8 Å². The Morgan fingerprint density at radius 2 is 2.33 bits per heavy atom. The molecule has 15 heavy (non-hydrogen) atoms. The highest BCUT2D eigenvalue weighted by Gasteiger charge is 2.08. The minimum absolute atomic E-state index is 0.501. The zero-order chi connectivity index (χ0) is 11.3. The molecular formula is C11H21N3O. The largest absolute Gasteiger partial charge is 0.384 e. The van der Waals surface area contributed by atoms with Gasteiger partial charge in [-0.2, -0.15) is 0 Å². The number of ether oxygens (including phenoxy) is 1. The Hall–Kier alpha value is -1.03. The quantitative estimate of drug-likeness (QED) is 0.781. The molecule has 0 saturated carbocycles. The average molecular weight is 211 g/mol. The summed E-state index contributed by atoms with van der Waals surface area (Å²) in [6.45, 7) is 8.88. The second-order valence-corrected chi connectivity index (χ2v) is 3.95. The van der Waals surface area contributed by atoms with Crippen LogP contribution in [0.2, 0.25) is 0 Å². The van der Waals surface area contributed by atoms with Crippen LogP contribution >= 0.6 is 0 Å². The van der Waals surface area contributed by atoms with Gasteiger partial charge in [-0.25, -0.2) is 4.98 Å². The first-order chi connectivity index (χ1) is 7.17. The Kier molecular flexibility index (Phi) is 4.62. The summed E-state index contributed by atoms with van der Waals surface area (Å²) in [5.74, 6) is 1.46. The molecule has 4 heteroatoms. The maximum atomic E-state index is 5.13. The molecule has 0 aromatic carbocycles. The summed E-state index contributed by atoms with van der Waals surface area (Å²) in [5, 5.41) is 3.26. The average Bonchev–Trinajstić information content (AvgIpc) is 2.47. The Morgan fingerprint density at radius 1 is 1.60 bits per heavy atom. The van der Waals surface area contributed by atoms with Gasteiger partial charge in [0.15, 0.2) is 0 Å². The van der Waals surface area contributed by atoms with Crippen LogP contribution in [0, 0.1) is 12.8 Å². The number of methoxy groups -OCH3 is 1. The van der Waals surface area contributed by atoms with Crippen molar-refractivity contribution in [1.29, 1.82) is 0 Å². The fourth-order valence-electron chi connectivity index (χ4n) is 1.66. The predicted molar refractivity (Wildman–Crippen MR) is 62.2 cm³/mol. The van der Waals surface area contributed by atoms with Gasteiger partial charge in [0.25, 0.3) is 0 Å². The summed E-state index contributed by atoms with van der Waals surface area (Å²) in [6, 6.07) is 0. The maximum Gasteiger partial charge on any atom is 0.203 e. The highest BCUT2D eigenvalue weighted by atomic mass is 16.5. The van der Waals surface area contributed by atoms with Gasteiger partial charge in [0.1, 0.15) is 0 Å². The van der Waals surface area contributed by atoms with E-state index >= 15 is 0 Å². The van der Waals surface area contributed by atoms with Crippen LogP contribution in [0.5, 0.6) is 0 Å². The fraction of sp³-hybridized carbons (Fsp3) is 0.727. The minimum Gasteiger partial charge on any atom is -0.384 e. The second kappa shape index (κ2) is 5.75. The number of anilines is 1. The van der Waals surface area contributed by atoms with E-state index in [0.717, 1.165) is 31.3 Å². The third-order valence-electron chi connectivity index (χ3n) is 2.19. The van der Waals surface area contributed by atoms with Gasteiger partial charge < -0.3 is 14.6 Å². The molecule has 1 unspecified atom stereocenters. The maximum absolute atomic E-state index is 5.13. The van der Waals surface area contributed by atoms with E-state index in [-0.39, 0.29) is 0 Å². The number of hydrogen-bond donors (Lipinski definition) is 1. The number of aromatic nitrogens is 2. The normalized spacial score (nSPS) is 12.8. The van der Waals surface area contributed by atoms with Crippen molar-refractivity contribution in [2.75, 3.05) is 25.6 Å². The second-order valence-electron chi connectivity index (χ2n) is 3.95. The van der Waals surface area contributed by atoms with Gasteiger partial charge >= 0.3 is 0 Å². The number of rotatable bonds is 6. The molecule has 1 aromatic rings. The molecular weight excluding hydrogens is 190 g/mol. The Balaban J connectivity index is 2.65. The monoisotopic (exact) mass is 211 g/mol. The molecule has 0 saturated heterocycles. The van der Waals surface area contributed by atoms with Crippen molar-refractivity contribution >= 4 is 5.95 Å². The summed E-state index contributed by atoms with van der Waals surface area (Å²) < 4.78 is 7.28. The molecule has 1 atom stereocenters. The van der Waals surface area contributed by atoms with Crippen LogP contribution in [0.1, 0.15) is 19.5 Å². The van der Waals surface area contributed by atoms with Crippen molar-refractivity contribution in [3.63, 3.8) is 0 Å². The lowest BCUT2D eigenvalue weighted by Gasteiger charge is -2.13. The van der Waals surface area contributed by atoms with Gasteiger partial charge in [0.05, 0.1) is 12.3 Å². The molecule has 0 aliphatic carbocycles. The van der Waals surface area contributed by atoms with Gasteiger partial charge in [0.2, 0.25) is 5.95 Å². The first kappa shape index (κ1) is 12.0. The van der Waals surface area contributed by atoms with Crippen molar-refractivity contribution in [3.05, 3.63) is 11.9 Å². The number of aryl methyl sites for hydroxylation is 1. The number of nitrogens with zero attached hydrogens (tertiary/aromatic N) is 2. The predicted octanol–water partition coefficient (Wildman–Crippen LogP) is 1.91. The lowest BCUT2D eigenvalue weighted by Crippen LogP contribution is -2.14. The topological polar surface area (TPSA) is 39.1 Å². The Labute approximate surface area is 91.7 Å². The standard InChI is InChI=1S/C11H21N3O/c1-5-12-11-13-10(3)7-14(11)6-9(2)8-15-4/h7,9H,5-6,8H2,1-4H3,(H,12,13). The van der Waals surface area contributed by atoms with Crippen LogP contribution in [0.3, 0.4) is 0 Å². The first-order valence-electron chi connectivity index (χ1n) is 5.44. The van der Waals surface area contributed by atoms with Crippen LogP contribution in [0.4, 0.5) is 5.95 Å². The van der Waals surface area contributed by atoms with Crippen LogP contribution in [-0.2, 0) is 11.3 Å². The molecule has 0 fully saturated rings. The lowest BCUT2D eigenvalue weighted by molar-refractivity contribution is 0.151. The van der Waals surface area contributed by atoms with Crippen molar-refractivity contribution in [2.24, 2.45) is 5.92 Å². The van der Waals surface area contributed by atoms with Gasteiger partial charge in [-0.1, -0.05) is 6.92 Å². The molecule has 0 aliphatic heterocycles. The number of hydrogen-bond acceptors (Lipinski definition) is 3. The zero-order valence-electron chi connectivity index (χ0n) is 10.1. The van der Waals surface area contributed by atoms with E-state index in [9.17, 15) is 0 Å². The van der Waals surface area contributed by atoms with Crippen molar-refractivity contribution in [2.45, 2.75) is 27.3 Å². The van der Waals surface area contributed by atoms with Gasteiger partial charge in [-0.15, -0.1) is 0 Å². The van der Waals surface area contributed by atoms with E-state index in [1.807, 2.05) is 6.92 Å². The van der Waals surface area contributed by atoms with E-state index in [1.54, 1.807) is 7.11 Å². The molecule has 4 nitrogen and oxygen atoms in total. The molecule has 0 spiro atoms. The first-order valence-corrected chi connectivity index (χ1v) is 5.44. The van der Waals surface area contributed by atoms with E-state index in [4.69, 9.17) is 4.74 Å². The molecule has 0 aliphatic rings. The van der Waals surface area contributed by atoms with Crippen LogP contribution in [0.25, 0.3) is 0 Å². The number of imidazole rings is 1. The highest BCUT2D eigenvalue weighted by molar-refractivity contribution is 5.28. The third kappa shape index (κ3) is 3.55. The highest BCUT2D eigenvalue weighted by Crippen LogP contribution is 2.11. The summed E-state index contributed by atoms with van der Waals surface area (Å²) in [7, 11) is 1.74. The summed E-state index contributed by atoms with van der Waals surface area (Å²) >= 11 is 0. The molecule has 0 radical (unpaired) electrons. The molecule has 0 bridgehead atoms. The summed E-state index contributed by atoms with van der Waals surface area (Å²) in [6.07, 6.45) is 2.07. The van der Waals surface area contributed by atoms with Crippen molar-refractivity contribution in [3.8, 4) is 0 Å². The van der Waals surface area contributed by atoms with E-state index in [0.29, 0.717) is 5.92 Å². The van der Waals surface area contributed by atoms with E-state index in [2.05, 4.69) is 34.9 Å². The lowest BCUT2D eigenvalue weighted by atomic mass is 10.2. The molecule has 1 heterocycles. The smallest absolute Gasteiger partial charge is 0.203 e. The fourth-order valence-corrected chi connectivity index (χ4v) is 1.66. The van der Waals surface area contributed by atoms with Gasteiger partial charge in [-0.3, -0.25) is 0 Å². The van der Waals surface area contributed by atoms with Crippen molar-refractivity contribution in [1.82, 2.24) is 9.55 Å². The molecule has 1 rings (SSSR count). The van der Waals surface area contributed by atoms with Crippen LogP contribution in [0.15, 0.2) is 6.20 Å². The van der Waals surface area contributed by atoms with Gasteiger partial charge in [0, 0.05) is 26.4 Å². The minimum atomic E-state index is 0.501. The van der Waals surface area contributed by atoms with E-state index < -0.39 is 0 Å². The molecule has 0 amide bonds. The molecule has 86 valence electrons. The van der Waals surface area contributed by atoms with E-state index in [1.165, 1.54) is 0 Å².